The molecule has 0 radical (unpaired) electrons. The smallest absolute Gasteiger partial charge is 0.126 e. The van der Waals surface area contributed by atoms with Gasteiger partial charge in [0, 0.05) is 12.6 Å². The Bertz CT molecular complexity index is 608. The van der Waals surface area contributed by atoms with Crippen molar-refractivity contribution in [1.82, 2.24) is 5.32 Å². The first-order valence-corrected chi connectivity index (χ1v) is 6.72. The highest BCUT2D eigenvalue weighted by molar-refractivity contribution is 5.28. The Morgan fingerprint density at radius 1 is 1.00 bits per heavy atom. The summed E-state index contributed by atoms with van der Waals surface area (Å²) in [5.41, 5.74) is 3.52. The van der Waals surface area contributed by atoms with Crippen LogP contribution in [0.25, 0.3) is 0 Å². The van der Waals surface area contributed by atoms with Gasteiger partial charge in [0.1, 0.15) is 11.6 Å². The fraction of sp³-hybridized carbons (Fsp3) is 0.294. The maximum atomic E-state index is 13.5. The first-order valence-electron chi connectivity index (χ1n) is 6.72. The van der Waals surface area contributed by atoms with Gasteiger partial charge in [-0.2, -0.15) is 0 Å². The maximum absolute atomic E-state index is 13.5. The molecule has 0 amide bonds. The summed E-state index contributed by atoms with van der Waals surface area (Å²) in [6, 6.07) is 10.1. The first kappa shape index (κ1) is 14.7. The normalized spacial score (nSPS) is 12.4. The molecule has 0 spiro atoms. The van der Waals surface area contributed by atoms with Crippen molar-refractivity contribution in [3.63, 3.8) is 0 Å². The zero-order valence-corrected chi connectivity index (χ0v) is 12.0. The lowest BCUT2D eigenvalue weighted by Gasteiger charge is -2.16. The van der Waals surface area contributed by atoms with E-state index >= 15 is 0 Å². The van der Waals surface area contributed by atoms with E-state index in [0.29, 0.717) is 12.1 Å². The predicted molar refractivity (Wildman–Crippen MR) is 77.5 cm³/mol. The van der Waals surface area contributed by atoms with E-state index in [1.54, 1.807) is 25.1 Å². The largest absolute Gasteiger partial charge is 0.306 e. The third-order valence-corrected chi connectivity index (χ3v) is 3.60. The molecule has 0 aliphatic carbocycles. The molecule has 1 unspecified atom stereocenters. The Balaban J connectivity index is 2.04. The third kappa shape index (κ3) is 3.42. The molecule has 20 heavy (non-hydrogen) atoms. The van der Waals surface area contributed by atoms with Crippen LogP contribution in [-0.4, -0.2) is 0 Å². The Morgan fingerprint density at radius 2 is 1.75 bits per heavy atom. The molecule has 2 rings (SSSR count). The van der Waals surface area contributed by atoms with E-state index in [9.17, 15) is 8.78 Å². The predicted octanol–water partition coefficient (Wildman–Crippen LogP) is 4.43. The SMILES string of the molecule is Cc1ccc(C(C)NCc2ccc(F)cc2C)cc1F. The van der Waals surface area contributed by atoms with Crippen molar-refractivity contribution in [2.45, 2.75) is 33.4 Å². The lowest BCUT2D eigenvalue weighted by Crippen LogP contribution is -2.18. The minimum Gasteiger partial charge on any atom is -0.306 e. The Morgan fingerprint density at radius 3 is 2.40 bits per heavy atom. The van der Waals surface area contributed by atoms with E-state index in [4.69, 9.17) is 0 Å². The standard InChI is InChI=1S/C17H19F2N/c1-11-4-5-14(9-17(11)19)13(3)20-10-15-6-7-16(18)8-12(15)2/h4-9,13,20H,10H2,1-3H3. The maximum Gasteiger partial charge on any atom is 0.126 e. The summed E-state index contributed by atoms with van der Waals surface area (Å²) in [6.45, 7) is 6.25. The van der Waals surface area contributed by atoms with Crippen LogP contribution in [0.5, 0.6) is 0 Å². The lowest BCUT2D eigenvalue weighted by molar-refractivity contribution is 0.560. The van der Waals surface area contributed by atoms with Crippen molar-refractivity contribution < 1.29 is 8.78 Å². The highest BCUT2D eigenvalue weighted by atomic mass is 19.1. The van der Waals surface area contributed by atoms with Gasteiger partial charge in [0.05, 0.1) is 0 Å². The molecule has 1 N–H and O–H groups in total. The van der Waals surface area contributed by atoms with Gasteiger partial charge in [0.15, 0.2) is 0 Å². The molecule has 0 bridgehead atoms. The van der Waals surface area contributed by atoms with Gasteiger partial charge >= 0.3 is 0 Å². The highest BCUT2D eigenvalue weighted by Gasteiger charge is 2.08. The minimum absolute atomic E-state index is 0.0366. The zero-order valence-electron chi connectivity index (χ0n) is 12.0. The van der Waals surface area contributed by atoms with Crippen LogP contribution < -0.4 is 5.32 Å². The van der Waals surface area contributed by atoms with Crippen LogP contribution in [0, 0.1) is 25.5 Å². The van der Waals surface area contributed by atoms with Crippen LogP contribution in [0.15, 0.2) is 36.4 Å². The molecule has 0 saturated heterocycles. The van der Waals surface area contributed by atoms with Gasteiger partial charge in [-0.3, -0.25) is 0 Å². The molecular formula is C17H19F2N. The minimum atomic E-state index is -0.222. The fourth-order valence-electron chi connectivity index (χ4n) is 2.12. The molecule has 0 fully saturated rings. The van der Waals surface area contributed by atoms with E-state index in [0.717, 1.165) is 16.7 Å². The summed E-state index contributed by atoms with van der Waals surface area (Å²) in [4.78, 5) is 0. The van der Waals surface area contributed by atoms with Crippen molar-refractivity contribution in [2.75, 3.05) is 0 Å². The second kappa shape index (κ2) is 6.14. The molecule has 0 heterocycles. The molecule has 2 aromatic carbocycles. The third-order valence-electron chi connectivity index (χ3n) is 3.60. The van der Waals surface area contributed by atoms with Crippen molar-refractivity contribution in [1.29, 1.82) is 0 Å². The van der Waals surface area contributed by atoms with Crippen LogP contribution in [0.2, 0.25) is 0 Å². The van der Waals surface area contributed by atoms with Crippen LogP contribution in [0.1, 0.15) is 35.2 Å². The summed E-state index contributed by atoms with van der Waals surface area (Å²) in [7, 11) is 0. The summed E-state index contributed by atoms with van der Waals surface area (Å²) >= 11 is 0. The Labute approximate surface area is 118 Å². The molecule has 3 heteroatoms. The van der Waals surface area contributed by atoms with Crippen molar-refractivity contribution in [3.05, 3.63) is 70.3 Å². The van der Waals surface area contributed by atoms with E-state index in [1.807, 2.05) is 19.9 Å². The first-order chi connectivity index (χ1) is 9.47. The topological polar surface area (TPSA) is 12.0 Å². The average molecular weight is 275 g/mol. The Hall–Kier alpha value is -1.74. The van der Waals surface area contributed by atoms with Crippen LogP contribution in [-0.2, 0) is 6.54 Å². The number of nitrogens with one attached hydrogen (secondary N) is 1. The molecule has 106 valence electrons. The molecular weight excluding hydrogens is 256 g/mol. The molecule has 0 aromatic heterocycles. The van der Waals surface area contributed by atoms with E-state index < -0.39 is 0 Å². The molecule has 2 aromatic rings. The number of halogens is 2. The molecule has 0 aliphatic rings. The molecule has 0 saturated carbocycles. The van der Waals surface area contributed by atoms with E-state index in [-0.39, 0.29) is 17.7 Å². The summed E-state index contributed by atoms with van der Waals surface area (Å²) in [5.74, 6) is -0.408. The summed E-state index contributed by atoms with van der Waals surface area (Å²) in [6.07, 6.45) is 0. The van der Waals surface area contributed by atoms with Gasteiger partial charge < -0.3 is 5.32 Å². The number of rotatable bonds is 4. The Kier molecular flexibility index (Phi) is 4.50. The number of benzene rings is 2. The van der Waals surface area contributed by atoms with Crippen LogP contribution in [0.4, 0.5) is 8.78 Å². The quantitative estimate of drug-likeness (QED) is 0.870. The van der Waals surface area contributed by atoms with E-state index in [2.05, 4.69) is 5.32 Å². The second-order valence-corrected chi connectivity index (χ2v) is 5.18. The van der Waals surface area contributed by atoms with Crippen LogP contribution in [0.3, 0.4) is 0 Å². The second-order valence-electron chi connectivity index (χ2n) is 5.18. The number of hydrogen-bond donors (Lipinski definition) is 1. The van der Waals surface area contributed by atoms with Gasteiger partial charge in [-0.15, -0.1) is 0 Å². The van der Waals surface area contributed by atoms with Crippen molar-refractivity contribution in [3.8, 4) is 0 Å². The fourth-order valence-corrected chi connectivity index (χ4v) is 2.12. The molecule has 1 nitrogen and oxygen atoms in total. The average Bonchev–Trinajstić information content (AvgIpc) is 2.40. The van der Waals surface area contributed by atoms with Gasteiger partial charge in [-0.1, -0.05) is 18.2 Å². The number of hydrogen-bond acceptors (Lipinski definition) is 1. The van der Waals surface area contributed by atoms with Gasteiger partial charge in [0.25, 0.3) is 0 Å². The van der Waals surface area contributed by atoms with Gasteiger partial charge in [-0.05, 0) is 61.2 Å². The van der Waals surface area contributed by atoms with E-state index in [1.165, 1.54) is 12.1 Å². The van der Waals surface area contributed by atoms with Crippen molar-refractivity contribution >= 4 is 0 Å². The summed E-state index contributed by atoms with van der Waals surface area (Å²) in [5, 5.41) is 3.33. The zero-order chi connectivity index (χ0) is 14.7. The monoisotopic (exact) mass is 275 g/mol. The highest BCUT2D eigenvalue weighted by Crippen LogP contribution is 2.17. The van der Waals surface area contributed by atoms with Gasteiger partial charge in [0.2, 0.25) is 0 Å². The lowest BCUT2D eigenvalue weighted by atomic mass is 10.0. The molecule has 0 aliphatic heterocycles. The summed E-state index contributed by atoms with van der Waals surface area (Å²) < 4.78 is 26.6. The number of aryl methyl sites for hydroxylation is 2. The van der Waals surface area contributed by atoms with Gasteiger partial charge in [-0.25, -0.2) is 8.78 Å². The van der Waals surface area contributed by atoms with Crippen molar-refractivity contribution in [2.24, 2.45) is 0 Å². The van der Waals surface area contributed by atoms with Crippen LogP contribution >= 0.6 is 0 Å². The molecule has 1 atom stereocenters.